The van der Waals surface area contributed by atoms with Crippen molar-refractivity contribution < 1.29 is 4.79 Å². The summed E-state index contributed by atoms with van der Waals surface area (Å²) in [6.45, 7) is 4.78. The van der Waals surface area contributed by atoms with Crippen LogP contribution in [0.5, 0.6) is 0 Å². The molecule has 0 aliphatic carbocycles. The van der Waals surface area contributed by atoms with Gasteiger partial charge in [-0.3, -0.25) is 9.20 Å². The lowest BCUT2D eigenvalue weighted by Gasteiger charge is -2.20. The minimum atomic E-state index is -0.119. The monoisotopic (exact) mass is 400 g/mol. The van der Waals surface area contributed by atoms with Crippen molar-refractivity contribution in [1.82, 2.24) is 33.6 Å². The highest BCUT2D eigenvalue weighted by Crippen LogP contribution is 2.21. The number of nitrogen functional groups attached to an aromatic ring is 1. The second-order valence-corrected chi connectivity index (χ2v) is 7.11. The highest BCUT2D eigenvalue weighted by Gasteiger charge is 2.19. The van der Waals surface area contributed by atoms with E-state index in [2.05, 4.69) is 19.9 Å². The van der Waals surface area contributed by atoms with Gasteiger partial charge in [0, 0.05) is 25.1 Å². The van der Waals surface area contributed by atoms with Gasteiger partial charge in [-0.25, -0.2) is 19.9 Å². The molecule has 0 saturated heterocycles. The van der Waals surface area contributed by atoms with E-state index in [9.17, 15) is 4.79 Å². The van der Waals surface area contributed by atoms with Crippen molar-refractivity contribution >= 4 is 34.1 Å². The Kier molecular flexibility index (Phi) is 4.09. The molecule has 0 radical (unpaired) electrons. The number of hydrogen-bond acceptors (Lipinski definition) is 6. The third kappa shape index (κ3) is 2.83. The number of pyridine rings is 2. The standard InChI is InChI=1S/C21H20N8O/c1-3-27(11-15-12-28-7-5-4-6-18(28)25-15)21(30)14-8-16-20(24-9-14)26-19(22)17-10-23-13(2)29(16)17/h4-10,12H,3,11H2,1-2H3,(H2,22,24,26). The van der Waals surface area contributed by atoms with Crippen LogP contribution in [0.3, 0.4) is 0 Å². The number of imidazole rings is 2. The Morgan fingerprint density at radius 1 is 1.17 bits per heavy atom. The largest absolute Gasteiger partial charge is 0.382 e. The zero-order valence-corrected chi connectivity index (χ0v) is 16.6. The van der Waals surface area contributed by atoms with Crippen LogP contribution in [0.25, 0.3) is 22.3 Å². The maximum Gasteiger partial charge on any atom is 0.255 e. The fourth-order valence-corrected chi connectivity index (χ4v) is 3.68. The molecule has 0 aliphatic heterocycles. The molecule has 0 saturated carbocycles. The number of carbonyl (C=O) groups is 1. The van der Waals surface area contributed by atoms with Crippen LogP contribution < -0.4 is 5.73 Å². The van der Waals surface area contributed by atoms with E-state index >= 15 is 0 Å². The molecule has 0 aromatic carbocycles. The zero-order valence-electron chi connectivity index (χ0n) is 16.6. The molecule has 9 heteroatoms. The summed E-state index contributed by atoms with van der Waals surface area (Å²) in [6.07, 6.45) is 7.10. The summed E-state index contributed by atoms with van der Waals surface area (Å²) in [7, 11) is 0. The molecule has 30 heavy (non-hydrogen) atoms. The summed E-state index contributed by atoms with van der Waals surface area (Å²) >= 11 is 0. The Balaban J connectivity index is 1.52. The number of nitrogens with two attached hydrogens (primary N) is 1. The number of rotatable bonds is 4. The minimum absolute atomic E-state index is 0.119. The van der Waals surface area contributed by atoms with Crippen LogP contribution in [0.15, 0.2) is 49.1 Å². The van der Waals surface area contributed by atoms with E-state index in [0.717, 1.165) is 17.2 Å². The van der Waals surface area contributed by atoms with Crippen molar-refractivity contribution in [3.05, 3.63) is 66.1 Å². The lowest BCUT2D eigenvalue weighted by Crippen LogP contribution is -2.30. The number of amides is 1. The summed E-state index contributed by atoms with van der Waals surface area (Å²) in [4.78, 5) is 32.6. The number of nitrogens with zero attached hydrogens (tertiary/aromatic N) is 7. The van der Waals surface area contributed by atoms with Gasteiger partial charge in [-0.1, -0.05) is 6.07 Å². The van der Waals surface area contributed by atoms with Gasteiger partial charge in [0.15, 0.2) is 11.5 Å². The van der Waals surface area contributed by atoms with E-state index in [1.165, 1.54) is 0 Å². The minimum Gasteiger partial charge on any atom is -0.382 e. The molecule has 5 aromatic heterocycles. The second-order valence-electron chi connectivity index (χ2n) is 7.11. The van der Waals surface area contributed by atoms with Crippen molar-refractivity contribution in [2.45, 2.75) is 20.4 Å². The molecule has 9 nitrogen and oxygen atoms in total. The summed E-state index contributed by atoms with van der Waals surface area (Å²) < 4.78 is 3.82. The molecule has 0 atom stereocenters. The molecule has 5 rings (SSSR count). The molecule has 1 amide bonds. The summed E-state index contributed by atoms with van der Waals surface area (Å²) in [5, 5.41) is 0. The summed E-state index contributed by atoms with van der Waals surface area (Å²) in [6, 6.07) is 7.62. The van der Waals surface area contributed by atoms with Crippen LogP contribution in [0.1, 0.15) is 28.8 Å². The van der Waals surface area contributed by atoms with Gasteiger partial charge < -0.3 is 15.0 Å². The Morgan fingerprint density at radius 2 is 2.03 bits per heavy atom. The van der Waals surface area contributed by atoms with Crippen LogP contribution >= 0.6 is 0 Å². The molecule has 5 heterocycles. The predicted octanol–water partition coefficient (Wildman–Crippen LogP) is 2.48. The van der Waals surface area contributed by atoms with Gasteiger partial charge in [0.2, 0.25) is 0 Å². The van der Waals surface area contributed by atoms with Crippen LogP contribution in [0.4, 0.5) is 5.82 Å². The van der Waals surface area contributed by atoms with Gasteiger partial charge in [-0.05, 0) is 32.0 Å². The third-order valence-electron chi connectivity index (χ3n) is 5.20. The highest BCUT2D eigenvalue weighted by molar-refractivity contribution is 5.97. The molecule has 150 valence electrons. The van der Waals surface area contributed by atoms with Crippen molar-refractivity contribution in [3.63, 3.8) is 0 Å². The SMILES string of the molecule is CCN(Cc1cn2ccccc2n1)C(=O)c1cnc2nc(N)c3cnc(C)n3c2c1. The number of aryl methyl sites for hydroxylation is 1. The molecule has 0 unspecified atom stereocenters. The Labute approximate surface area is 171 Å². The van der Waals surface area contributed by atoms with Crippen molar-refractivity contribution in [2.75, 3.05) is 12.3 Å². The summed E-state index contributed by atoms with van der Waals surface area (Å²) in [5.41, 5.74) is 10.1. The summed E-state index contributed by atoms with van der Waals surface area (Å²) in [5.74, 6) is 0.996. The number of hydrogen-bond donors (Lipinski definition) is 1. The van der Waals surface area contributed by atoms with Gasteiger partial charge in [0.25, 0.3) is 5.91 Å². The topological polar surface area (TPSA) is 107 Å². The Bertz CT molecular complexity index is 1380. The fourth-order valence-electron chi connectivity index (χ4n) is 3.68. The van der Waals surface area contributed by atoms with Crippen molar-refractivity contribution in [1.29, 1.82) is 0 Å². The molecular formula is C21H20N8O. The number of anilines is 1. The Hall–Kier alpha value is -4.01. The van der Waals surface area contributed by atoms with Crippen LogP contribution in [-0.2, 0) is 6.54 Å². The normalized spacial score (nSPS) is 11.5. The van der Waals surface area contributed by atoms with E-state index in [1.807, 2.05) is 53.2 Å². The van der Waals surface area contributed by atoms with Crippen LogP contribution in [0, 0.1) is 6.92 Å². The predicted molar refractivity (Wildman–Crippen MR) is 113 cm³/mol. The second kappa shape index (κ2) is 6.80. The molecule has 0 fully saturated rings. The first kappa shape index (κ1) is 18.0. The average Bonchev–Trinajstić information content (AvgIpc) is 3.35. The fraction of sp³-hybridized carbons (Fsp3) is 0.190. The van der Waals surface area contributed by atoms with E-state index < -0.39 is 0 Å². The zero-order chi connectivity index (χ0) is 20.8. The maximum atomic E-state index is 13.2. The Morgan fingerprint density at radius 3 is 2.83 bits per heavy atom. The number of carbonyl (C=O) groups excluding carboxylic acids is 1. The van der Waals surface area contributed by atoms with Gasteiger partial charge in [0.1, 0.15) is 17.0 Å². The molecule has 0 spiro atoms. The lowest BCUT2D eigenvalue weighted by atomic mass is 10.2. The van der Waals surface area contributed by atoms with Gasteiger partial charge >= 0.3 is 0 Å². The van der Waals surface area contributed by atoms with E-state index in [0.29, 0.717) is 41.2 Å². The molecular weight excluding hydrogens is 380 g/mol. The van der Waals surface area contributed by atoms with E-state index in [4.69, 9.17) is 5.73 Å². The smallest absolute Gasteiger partial charge is 0.255 e. The molecule has 2 N–H and O–H groups in total. The van der Waals surface area contributed by atoms with Gasteiger partial charge in [0.05, 0.1) is 29.5 Å². The third-order valence-corrected chi connectivity index (χ3v) is 5.20. The highest BCUT2D eigenvalue weighted by atomic mass is 16.2. The molecule has 0 aliphatic rings. The van der Waals surface area contributed by atoms with Gasteiger partial charge in [-0.2, -0.15) is 0 Å². The quantitative estimate of drug-likeness (QED) is 0.497. The molecule has 5 aromatic rings. The first-order valence-corrected chi connectivity index (χ1v) is 9.66. The number of fused-ring (bicyclic) bond motifs is 4. The number of aromatic nitrogens is 6. The van der Waals surface area contributed by atoms with E-state index in [-0.39, 0.29) is 5.91 Å². The van der Waals surface area contributed by atoms with Crippen LogP contribution in [0.2, 0.25) is 0 Å². The van der Waals surface area contributed by atoms with E-state index in [1.54, 1.807) is 23.4 Å². The first-order chi connectivity index (χ1) is 14.5. The van der Waals surface area contributed by atoms with Crippen molar-refractivity contribution in [3.8, 4) is 0 Å². The van der Waals surface area contributed by atoms with Crippen LogP contribution in [-0.4, -0.2) is 46.1 Å². The maximum absolute atomic E-state index is 13.2. The van der Waals surface area contributed by atoms with Crippen molar-refractivity contribution in [2.24, 2.45) is 0 Å². The van der Waals surface area contributed by atoms with Gasteiger partial charge in [-0.15, -0.1) is 0 Å². The first-order valence-electron chi connectivity index (χ1n) is 9.66. The molecule has 0 bridgehead atoms. The average molecular weight is 400 g/mol. The lowest BCUT2D eigenvalue weighted by molar-refractivity contribution is 0.0750.